The van der Waals surface area contributed by atoms with Crippen LogP contribution in [-0.2, 0) is 0 Å². The Morgan fingerprint density at radius 3 is 2.24 bits per heavy atom. The van der Waals surface area contributed by atoms with E-state index in [0.717, 1.165) is 48.9 Å². The molecule has 0 spiro atoms. The van der Waals surface area contributed by atoms with Crippen LogP contribution in [0.15, 0.2) is 36.4 Å². The highest BCUT2D eigenvalue weighted by Gasteiger charge is 2.22. The summed E-state index contributed by atoms with van der Waals surface area (Å²) in [6.07, 6.45) is 0. The van der Waals surface area contributed by atoms with E-state index >= 15 is 0 Å². The van der Waals surface area contributed by atoms with Crippen molar-refractivity contribution in [3.05, 3.63) is 64.3 Å². The smallest absolute Gasteiger partial charge is 0.207 e. The molecule has 0 amide bonds. The van der Waals surface area contributed by atoms with Crippen LogP contribution in [0.1, 0.15) is 29.1 Å². The average molecular weight is 476 g/mol. The molecule has 0 saturated carbocycles. The van der Waals surface area contributed by atoms with E-state index in [0.29, 0.717) is 23.3 Å². The summed E-state index contributed by atoms with van der Waals surface area (Å²) >= 11 is 0.957. The van der Waals surface area contributed by atoms with E-state index in [1.807, 2.05) is 24.3 Å². The fourth-order valence-electron chi connectivity index (χ4n) is 3.74. The minimum atomic E-state index is -1.63. The predicted octanol–water partition coefficient (Wildman–Crippen LogP) is 4.65. The van der Waals surface area contributed by atoms with Crippen molar-refractivity contribution in [2.75, 3.05) is 42.1 Å². The van der Waals surface area contributed by atoms with Crippen molar-refractivity contribution in [1.82, 2.24) is 9.88 Å². The van der Waals surface area contributed by atoms with E-state index in [-0.39, 0.29) is 16.3 Å². The molecular weight excluding hydrogens is 451 g/mol. The minimum absolute atomic E-state index is 0.0163. The van der Waals surface area contributed by atoms with E-state index in [4.69, 9.17) is 5.73 Å². The van der Waals surface area contributed by atoms with Crippen LogP contribution in [0.4, 0.5) is 35.5 Å². The molecule has 33 heavy (non-hydrogen) atoms. The molecule has 2 heterocycles. The van der Waals surface area contributed by atoms with Gasteiger partial charge in [0.25, 0.3) is 0 Å². The van der Waals surface area contributed by atoms with Gasteiger partial charge >= 0.3 is 0 Å². The van der Waals surface area contributed by atoms with Crippen LogP contribution < -0.4 is 16.0 Å². The third kappa shape index (κ3) is 4.96. The lowest BCUT2D eigenvalue weighted by Crippen LogP contribution is -2.48. The van der Waals surface area contributed by atoms with Crippen molar-refractivity contribution in [2.24, 2.45) is 0 Å². The minimum Gasteiger partial charge on any atom is -0.382 e. The second-order valence-corrected chi connectivity index (χ2v) is 9.10. The van der Waals surface area contributed by atoms with E-state index in [1.165, 1.54) is 0 Å². The number of hydrogen-bond acceptors (Lipinski definition) is 7. The maximum atomic E-state index is 13.5. The van der Waals surface area contributed by atoms with Gasteiger partial charge in [-0.3, -0.25) is 9.69 Å². The number of rotatable bonds is 6. The van der Waals surface area contributed by atoms with Gasteiger partial charge in [-0.2, -0.15) is 0 Å². The molecule has 0 radical (unpaired) electrons. The number of benzene rings is 2. The first-order valence-corrected chi connectivity index (χ1v) is 11.4. The monoisotopic (exact) mass is 475 g/mol. The Labute approximate surface area is 193 Å². The van der Waals surface area contributed by atoms with Gasteiger partial charge in [-0.25, -0.2) is 18.2 Å². The number of carbonyl (C=O) groups is 1. The van der Waals surface area contributed by atoms with Gasteiger partial charge in [0.05, 0.1) is 0 Å². The molecule has 0 unspecified atom stereocenters. The molecule has 10 heteroatoms. The number of thiazole rings is 1. The lowest BCUT2D eigenvalue weighted by Gasteiger charge is -2.38. The zero-order valence-corrected chi connectivity index (χ0v) is 19.1. The highest BCUT2D eigenvalue weighted by atomic mass is 32.1. The Hall–Kier alpha value is -3.11. The fraction of sp³-hybridized carbons (Fsp3) is 0.304. The maximum absolute atomic E-state index is 13.5. The average Bonchev–Trinajstić information content (AvgIpc) is 3.17. The third-order valence-corrected chi connectivity index (χ3v) is 6.62. The number of carbonyl (C=O) groups excluding carboxylic acids is 1. The van der Waals surface area contributed by atoms with Crippen LogP contribution in [0, 0.1) is 17.5 Å². The lowest BCUT2D eigenvalue weighted by atomic mass is 10.1. The topological polar surface area (TPSA) is 74.5 Å². The molecular formula is C23H24F3N5OS. The number of nitrogens with one attached hydrogen (secondary N) is 1. The SMILES string of the molecule is CC(C)N1CCN(c2ccc(Nc3nc(N)c(C(=O)c4cc(F)c(F)c(F)c4)s3)cc2)CC1. The molecule has 6 nitrogen and oxygen atoms in total. The number of halogens is 3. The van der Waals surface area contributed by atoms with Crippen LogP contribution >= 0.6 is 11.3 Å². The maximum Gasteiger partial charge on any atom is 0.207 e. The van der Waals surface area contributed by atoms with Crippen molar-refractivity contribution >= 4 is 39.4 Å². The number of nitrogen functional groups attached to an aromatic ring is 1. The Morgan fingerprint density at radius 1 is 1.06 bits per heavy atom. The van der Waals surface area contributed by atoms with Crippen LogP contribution in [0.25, 0.3) is 0 Å². The molecule has 0 aliphatic carbocycles. The summed E-state index contributed by atoms with van der Waals surface area (Å²) in [7, 11) is 0. The summed E-state index contributed by atoms with van der Waals surface area (Å²) in [6.45, 7) is 8.38. The van der Waals surface area contributed by atoms with Crippen LogP contribution in [0.2, 0.25) is 0 Å². The number of aromatic nitrogens is 1. The van der Waals surface area contributed by atoms with E-state index in [1.54, 1.807) is 0 Å². The Morgan fingerprint density at radius 2 is 1.67 bits per heavy atom. The number of nitrogens with zero attached hydrogens (tertiary/aromatic N) is 3. The molecule has 1 aliphatic heterocycles. The van der Waals surface area contributed by atoms with Gasteiger partial charge in [0.15, 0.2) is 22.6 Å². The molecule has 2 aromatic carbocycles. The molecule has 0 atom stereocenters. The van der Waals surface area contributed by atoms with E-state index < -0.39 is 23.2 Å². The molecule has 3 N–H and O–H groups in total. The molecule has 1 fully saturated rings. The first kappa shape index (κ1) is 23.1. The van der Waals surface area contributed by atoms with Crippen molar-refractivity contribution in [3.63, 3.8) is 0 Å². The molecule has 1 saturated heterocycles. The van der Waals surface area contributed by atoms with E-state index in [9.17, 15) is 18.0 Å². The molecule has 3 aromatic rings. The Balaban J connectivity index is 1.44. The zero-order valence-electron chi connectivity index (χ0n) is 18.2. The van der Waals surface area contributed by atoms with Crippen LogP contribution in [-0.4, -0.2) is 47.9 Å². The van der Waals surface area contributed by atoms with Gasteiger partial charge in [0.1, 0.15) is 10.7 Å². The van der Waals surface area contributed by atoms with Gasteiger partial charge < -0.3 is 16.0 Å². The van der Waals surface area contributed by atoms with Crippen LogP contribution in [0.5, 0.6) is 0 Å². The first-order chi connectivity index (χ1) is 15.7. The molecule has 0 bridgehead atoms. The molecule has 4 rings (SSSR count). The zero-order chi connectivity index (χ0) is 23.7. The van der Waals surface area contributed by atoms with Crippen LogP contribution in [0.3, 0.4) is 0 Å². The second-order valence-electron chi connectivity index (χ2n) is 8.11. The third-order valence-electron chi connectivity index (χ3n) is 5.63. The summed E-state index contributed by atoms with van der Waals surface area (Å²) in [4.78, 5) is 21.6. The number of piperazine rings is 1. The summed E-state index contributed by atoms with van der Waals surface area (Å²) in [5, 5.41) is 3.45. The second kappa shape index (κ2) is 9.40. The lowest BCUT2D eigenvalue weighted by molar-refractivity contribution is 0.104. The fourth-order valence-corrected chi connectivity index (χ4v) is 4.61. The number of anilines is 4. The van der Waals surface area contributed by atoms with Crippen molar-refractivity contribution in [3.8, 4) is 0 Å². The highest BCUT2D eigenvalue weighted by Crippen LogP contribution is 2.31. The number of ketones is 1. The van der Waals surface area contributed by atoms with Gasteiger partial charge in [-0.05, 0) is 50.2 Å². The van der Waals surface area contributed by atoms with Crippen molar-refractivity contribution in [1.29, 1.82) is 0 Å². The Kier molecular flexibility index (Phi) is 6.57. The van der Waals surface area contributed by atoms with Crippen molar-refractivity contribution < 1.29 is 18.0 Å². The quantitative estimate of drug-likeness (QED) is 0.400. The predicted molar refractivity (Wildman–Crippen MR) is 125 cm³/mol. The van der Waals surface area contributed by atoms with E-state index in [2.05, 4.69) is 33.9 Å². The van der Waals surface area contributed by atoms with Gasteiger partial charge in [0, 0.05) is 49.2 Å². The van der Waals surface area contributed by atoms with Gasteiger partial charge in [-0.1, -0.05) is 11.3 Å². The van der Waals surface area contributed by atoms with Gasteiger partial charge in [-0.15, -0.1) is 0 Å². The number of nitrogens with two attached hydrogens (primary N) is 1. The molecule has 174 valence electrons. The highest BCUT2D eigenvalue weighted by molar-refractivity contribution is 7.18. The standard InChI is InChI=1S/C23H24F3N5OS/c1-13(2)30-7-9-31(10-8-30)16-5-3-15(4-6-16)28-23-29-22(27)21(33-23)20(32)14-11-17(24)19(26)18(25)12-14/h3-6,11-13H,7-10,27H2,1-2H3,(H,28,29). The molecule has 1 aromatic heterocycles. The normalized spacial score (nSPS) is 14.7. The summed E-state index contributed by atoms with van der Waals surface area (Å²) in [5.41, 5.74) is 7.40. The summed E-state index contributed by atoms with van der Waals surface area (Å²) in [5.74, 6) is -5.31. The Bertz CT molecular complexity index is 1130. The van der Waals surface area contributed by atoms with Crippen molar-refractivity contribution in [2.45, 2.75) is 19.9 Å². The number of hydrogen-bond donors (Lipinski definition) is 2. The largest absolute Gasteiger partial charge is 0.382 e. The summed E-state index contributed by atoms with van der Waals surface area (Å²) < 4.78 is 40.2. The summed E-state index contributed by atoms with van der Waals surface area (Å²) in [6, 6.07) is 9.68. The first-order valence-electron chi connectivity index (χ1n) is 10.5. The molecule has 1 aliphatic rings. The van der Waals surface area contributed by atoms with Gasteiger partial charge in [0.2, 0.25) is 5.78 Å².